The minimum atomic E-state index is -0.877. The Bertz CT molecular complexity index is 352. The zero-order valence-corrected chi connectivity index (χ0v) is 8.23. The van der Waals surface area contributed by atoms with Crippen LogP contribution in [-0.2, 0) is 9.59 Å². The van der Waals surface area contributed by atoms with E-state index < -0.39 is 11.8 Å². The highest BCUT2D eigenvalue weighted by atomic mass is 16.2. The van der Waals surface area contributed by atoms with Crippen LogP contribution >= 0.6 is 0 Å². The molecule has 1 atom stereocenters. The molecule has 6 nitrogen and oxygen atoms in total. The largest absolute Gasteiger partial charge is 0.340 e. The molecule has 0 aliphatic carbocycles. The van der Waals surface area contributed by atoms with Gasteiger partial charge in [0.2, 0.25) is 0 Å². The summed E-state index contributed by atoms with van der Waals surface area (Å²) in [6.45, 7) is 1.73. The van der Waals surface area contributed by atoms with Crippen LogP contribution in [0.1, 0.15) is 18.7 Å². The van der Waals surface area contributed by atoms with E-state index in [9.17, 15) is 9.59 Å². The molecule has 6 heteroatoms. The highest BCUT2D eigenvalue weighted by molar-refractivity contribution is 6.34. The van der Waals surface area contributed by atoms with Crippen molar-refractivity contribution >= 4 is 11.8 Å². The van der Waals surface area contributed by atoms with Crippen LogP contribution in [0.25, 0.3) is 0 Å². The van der Waals surface area contributed by atoms with Gasteiger partial charge < -0.3 is 5.32 Å². The number of rotatable bonds is 2. The molecule has 0 aliphatic rings. The molecule has 0 aromatic carbocycles. The van der Waals surface area contributed by atoms with Crippen LogP contribution < -0.4 is 16.6 Å². The van der Waals surface area contributed by atoms with Crippen molar-refractivity contribution in [3.8, 4) is 0 Å². The van der Waals surface area contributed by atoms with E-state index in [-0.39, 0.29) is 6.04 Å². The van der Waals surface area contributed by atoms with Crippen LogP contribution in [0.5, 0.6) is 0 Å². The number of nitrogens with zero attached hydrogens (tertiary/aromatic N) is 1. The summed E-state index contributed by atoms with van der Waals surface area (Å²) in [5.74, 6) is 3.15. The quantitative estimate of drug-likeness (QED) is 0.258. The fourth-order valence-corrected chi connectivity index (χ4v) is 1.03. The predicted octanol–water partition coefficient (Wildman–Crippen LogP) is -0.751. The molecular weight excluding hydrogens is 196 g/mol. The highest BCUT2D eigenvalue weighted by Gasteiger charge is 2.15. The lowest BCUT2D eigenvalue weighted by Gasteiger charge is -2.11. The molecule has 0 fully saturated rings. The van der Waals surface area contributed by atoms with E-state index in [1.54, 1.807) is 36.7 Å². The Balaban J connectivity index is 2.60. The molecule has 15 heavy (non-hydrogen) atoms. The molecule has 1 aromatic heterocycles. The van der Waals surface area contributed by atoms with Gasteiger partial charge in [0.15, 0.2) is 0 Å². The number of nitrogens with one attached hydrogen (secondary N) is 2. The van der Waals surface area contributed by atoms with Crippen molar-refractivity contribution < 1.29 is 9.59 Å². The highest BCUT2D eigenvalue weighted by Crippen LogP contribution is 2.06. The van der Waals surface area contributed by atoms with Crippen molar-refractivity contribution in [1.82, 2.24) is 15.7 Å². The number of hydrogen-bond acceptors (Lipinski definition) is 4. The number of carbonyl (C=O) groups excluding carboxylic acids is 2. The summed E-state index contributed by atoms with van der Waals surface area (Å²) in [5, 5.41) is 2.45. The maximum Gasteiger partial charge on any atom is 0.323 e. The van der Waals surface area contributed by atoms with Crippen LogP contribution in [0.3, 0.4) is 0 Å². The maximum absolute atomic E-state index is 11.1. The van der Waals surface area contributed by atoms with Gasteiger partial charge in [0.1, 0.15) is 0 Å². The molecule has 1 unspecified atom stereocenters. The van der Waals surface area contributed by atoms with Gasteiger partial charge in [-0.2, -0.15) is 0 Å². The average Bonchev–Trinajstić information content (AvgIpc) is 2.29. The van der Waals surface area contributed by atoms with Gasteiger partial charge in [-0.05, 0) is 19.1 Å². The Morgan fingerprint density at radius 1 is 1.40 bits per heavy atom. The average molecular weight is 208 g/mol. The summed E-state index contributed by atoms with van der Waals surface area (Å²) in [7, 11) is 0. The van der Waals surface area contributed by atoms with Crippen molar-refractivity contribution in [2.24, 2.45) is 5.84 Å². The zero-order chi connectivity index (χ0) is 11.3. The van der Waals surface area contributed by atoms with E-state index in [4.69, 9.17) is 5.84 Å². The topological polar surface area (TPSA) is 97.1 Å². The van der Waals surface area contributed by atoms with Crippen molar-refractivity contribution in [2.45, 2.75) is 13.0 Å². The molecule has 1 heterocycles. The summed E-state index contributed by atoms with van der Waals surface area (Å²) >= 11 is 0. The number of amides is 2. The van der Waals surface area contributed by atoms with E-state index in [1.807, 2.05) is 0 Å². The Morgan fingerprint density at radius 3 is 2.67 bits per heavy atom. The van der Waals surface area contributed by atoms with Gasteiger partial charge in [-0.25, -0.2) is 5.84 Å². The smallest absolute Gasteiger partial charge is 0.323 e. The van der Waals surface area contributed by atoms with Crippen molar-refractivity contribution in [1.29, 1.82) is 0 Å². The molecule has 2 amide bonds. The van der Waals surface area contributed by atoms with Gasteiger partial charge >= 0.3 is 11.8 Å². The second kappa shape index (κ2) is 5.06. The summed E-state index contributed by atoms with van der Waals surface area (Å²) < 4.78 is 0. The van der Waals surface area contributed by atoms with Crippen LogP contribution in [0.2, 0.25) is 0 Å². The first-order chi connectivity index (χ1) is 7.15. The van der Waals surface area contributed by atoms with Gasteiger partial charge in [-0.15, -0.1) is 0 Å². The molecule has 0 aliphatic heterocycles. The first-order valence-corrected chi connectivity index (χ1v) is 4.37. The third kappa shape index (κ3) is 3.03. The van der Waals surface area contributed by atoms with Gasteiger partial charge in [-0.1, -0.05) is 6.07 Å². The summed E-state index contributed by atoms with van der Waals surface area (Å²) in [5.41, 5.74) is 2.43. The Kier molecular flexibility index (Phi) is 3.75. The Labute approximate surface area is 86.8 Å². The monoisotopic (exact) mass is 208 g/mol. The first kappa shape index (κ1) is 11.1. The SMILES string of the molecule is CC(NC(=O)C(=O)NN)c1ccccn1. The van der Waals surface area contributed by atoms with Gasteiger partial charge in [0.25, 0.3) is 0 Å². The van der Waals surface area contributed by atoms with Crippen LogP contribution in [0, 0.1) is 0 Å². The minimum absolute atomic E-state index is 0.337. The zero-order valence-electron chi connectivity index (χ0n) is 8.23. The fourth-order valence-electron chi connectivity index (χ4n) is 1.03. The molecule has 4 N–H and O–H groups in total. The number of carbonyl (C=O) groups is 2. The van der Waals surface area contributed by atoms with Gasteiger partial charge in [0, 0.05) is 6.20 Å². The summed E-state index contributed by atoms with van der Waals surface area (Å²) in [4.78, 5) is 26.0. The van der Waals surface area contributed by atoms with Crippen molar-refractivity contribution in [3.05, 3.63) is 30.1 Å². The number of hydrazine groups is 1. The number of aromatic nitrogens is 1. The second-order valence-electron chi connectivity index (χ2n) is 2.92. The molecule has 1 rings (SSSR count). The Morgan fingerprint density at radius 2 is 2.13 bits per heavy atom. The normalized spacial score (nSPS) is 11.6. The molecule has 0 spiro atoms. The number of pyridine rings is 1. The van der Waals surface area contributed by atoms with Gasteiger partial charge in [0.05, 0.1) is 11.7 Å². The molecule has 0 radical (unpaired) electrons. The molecular formula is C9H12N4O2. The maximum atomic E-state index is 11.1. The van der Waals surface area contributed by atoms with E-state index in [0.717, 1.165) is 0 Å². The Hall–Kier alpha value is -1.95. The molecule has 0 saturated heterocycles. The predicted molar refractivity (Wildman–Crippen MR) is 53.1 cm³/mol. The van der Waals surface area contributed by atoms with Crippen LogP contribution in [0.4, 0.5) is 0 Å². The third-order valence-corrected chi connectivity index (χ3v) is 1.82. The van der Waals surface area contributed by atoms with E-state index in [2.05, 4.69) is 10.3 Å². The lowest BCUT2D eigenvalue weighted by molar-refractivity contribution is -0.139. The van der Waals surface area contributed by atoms with Crippen molar-refractivity contribution in [3.63, 3.8) is 0 Å². The van der Waals surface area contributed by atoms with Gasteiger partial charge in [-0.3, -0.25) is 20.0 Å². The first-order valence-electron chi connectivity index (χ1n) is 4.37. The van der Waals surface area contributed by atoms with Crippen LogP contribution in [0.15, 0.2) is 24.4 Å². The molecule has 80 valence electrons. The van der Waals surface area contributed by atoms with Crippen LogP contribution in [-0.4, -0.2) is 16.8 Å². The third-order valence-electron chi connectivity index (χ3n) is 1.82. The molecule has 0 saturated carbocycles. The fraction of sp³-hybridized carbons (Fsp3) is 0.222. The lowest BCUT2D eigenvalue weighted by atomic mass is 10.2. The standard InChI is InChI=1S/C9H12N4O2/c1-6(7-4-2-3-5-11-7)12-8(14)9(15)13-10/h2-6H,10H2,1H3,(H,12,14)(H,13,15). The van der Waals surface area contributed by atoms with E-state index in [1.165, 1.54) is 0 Å². The van der Waals surface area contributed by atoms with Crippen molar-refractivity contribution in [2.75, 3.05) is 0 Å². The molecule has 1 aromatic rings. The number of nitrogens with two attached hydrogens (primary N) is 1. The lowest BCUT2D eigenvalue weighted by Crippen LogP contribution is -2.43. The number of hydrogen-bond donors (Lipinski definition) is 3. The summed E-state index contributed by atoms with van der Waals surface area (Å²) in [6.07, 6.45) is 1.61. The second-order valence-corrected chi connectivity index (χ2v) is 2.92. The molecule has 0 bridgehead atoms. The summed E-state index contributed by atoms with van der Waals surface area (Å²) in [6, 6.07) is 4.99. The minimum Gasteiger partial charge on any atom is -0.340 e. The van der Waals surface area contributed by atoms with E-state index >= 15 is 0 Å². The van der Waals surface area contributed by atoms with E-state index in [0.29, 0.717) is 5.69 Å².